The van der Waals surface area contributed by atoms with Crippen LogP contribution in [0.15, 0.2) is 48.3 Å². The molecule has 0 aliphatic carbocycles. The van der Waals surface area contributed by atoms with Gasteiger partial charge in [0.1, 0.15) is 5.70 Å². The molecular weight excluding hydrogens is 460 g/mol. The molecule has 4 rings (SSSR count). The summed E-state index contributed by atoms with van der Waals surface area (Å²) in [5, 5.41) is 12.5. The maximum absolute atomic E-state index is 14.2. The van der Waals surface area contributed by atoms with Crippen molar-refractivity contribution in [2.24, 2.45) is 0 Å². The van der Waals surface area contributed by atoms with Gasteiger partial charge in [-0.2, -0.15) is 0 Å². The minimum Gasteiger partial charge on any atom is -0.481 e. The first-order valence-electron chi connectivity index (χ1n) is 9.55. The highest BCUT2D eigenvalue weighted by atomic mass is 35.5. The fourth-order valence-electron chi connectivity index (χ4n) is 3.66. The van der Waals surface area contributed by atoms with Crippen molar-refractivity contribution in [2.45, 2.75) is 18.9 Å². The summed E-state index contributed by atoms with van der Waals surface area (Å²) in [7, 11) is 0. The van der Waals surface area contributed by atoms with Crippen molar-refractivity contribution in [1.29, 1.82) is 0 Å². The number of carbonyl (C=O) groups excluding carboxylic acids is 2. The Labute approximate surface area is 191 Å². The molecule has 7 nitrogen and oxygen atoms in total. The fourth-order valence-corrected chi connectivity index (χ4v) is 3.94. The van der Waals surface area contributed by atoms with E-state index in [0.717, 1.165) is 4.90 Å². The van der Waals surface area contributed by atoms with Gasteiger partial charge in [0.25, 0.3) is 5.91 Å². The van der Waals surface area contributed by atoms with Crippen LogP contribution in [0.2, 0.25) is 10.0 Å². The average Bonchev–Trinajstić information content (AvgIpc) is 3.28. The molecule has 2 heterocycles. The highest BCUT2D eigenvalue weighted by Gasteiger charge is 2.39. The maximum atomic E-state index is 14.2. The Morgan fingerprint density at radius 3 is 2.56 bits per heavy atom. The van der Waals surface area contributed by atoms with Crippen LogP contribution in [0.1, 0.15) is 30.0 Å². The van der Waals surface area contributed by atoms with E-state index < -0.39 is 29.8 Å². The molecule has 1 aromatic heterocycles. The van der Waals surface area contributed by atoms with Crippen LogP contribution in [0.4, 0.5) is 9.18 Å². The summed E-state index contributed by atoms with van der Waals surface area (Å²) < 4.78 is 14.2. The number of aromatic nitrogens is 1. The average molecular weight is 476 g/mol. The van der Waals surface area contributed by atoms with Crippen molar-refractivity contribution in [3.8, 4) is 0 Å². The molecule has 0 spiro atoms. The molecule has 2 aromatic carbocycles. The summed E-state index contributed by atoms with van der Waals surface area (Å²) in [4.78, 5) is 40.7. The van der Waals surface area contributed by atoms with Gasteiger partial charge in [-0.05, 0) is 36.3 Å². The van der Waals surface area contributed by atoms with Crippen molar-refractivity contribution in [2.75, 3.05) is 0 Å². The molecule has 1 atom stereocenters. The molecule has 0 saturated carbocycles. The van der Waals surface area contributed by atoms with E-state index in [4.69, 9.17) is 28.3 Å². The zero-order valence-corrected chi connectivity index (χ0v) is 17.9. The standard InChI is InChI=1S/C22H16Cl2FN3O4/c23-13-3-1-11(2-4-13)17(7-8-18(29)30)28-21(31)16(27-22(28)32)9-12-10-26-20-14(12)5-6-15(24)19(20)25/h1-6,9-10,17,26H,7-8H2,(H,27,32)(H,29,30)/b16-9-. The van der Waals surface area contributed by atoms with Crippen molar-refractivity contribution < 1.29 is 23.9 Å². The number of hydrogen-bond donors (Lipinski definition) is 3. The minimum atomic E-state index is -1.05. The van der Waals surface area contributed by atoms with Gasteiger partial charge >= 0.3 is 12.0 Å². The van der Waals surface area contributed by atoms with Gasteiger partial charge in [0.2, 0.25) is 0 Å². The lowest BCUT2D eigenvalue weighted by Crippen LogP contribution is -2.35. The van der Waals surface area contributed by atoms with Gasteiger partial charge in [0.05, 0.1) is 16.6 Å². The van der Waals surface area contributed by atoms with Gasteiger partial charge in [-0.25, -0.2) is 9.18 Å². The summed E-state index contributed by atoms with van der Waals surface area (Å²) >= 11 is 11.7. The predicted octanol–water partition coefficient (Wildman–Crippen LogP) is 5.11. The minimum absolute atomic E-state index is 0.0134. The van der Waals surface area contributed by atoms with Crippen LogP contribution in [-0.4, -0.2) is 32.9 Å². The second kappa shape index (κ2) is 8.64. The van der Waals surface area contributed by atoms with E-state index in [0.29, 0.717) is 21.5 Å². The highest BCUT2D eigenvalue weighted by molar-refractivity contribution is 6.31. The lowest BCUT2D eigenvalue weighted by molar-refractivity contribution is -0.138. The third-order valence-corrected chi connectivity index (χ3v) is 5.73. The van der Waals surface area contributed by atoms with Gasteiger partial charge in [0, 0.05) is 28.6 Å². The molecule has 1 saturated heterocycles. The van der Waals surface area contributed by atoms with Crippen molar-refractivity contribution in [3.05, 3.63) is 75.3 Å². The Kier molecular flexibility index (Phi) is 5.90. The molecular formula is C22H16Cl2FN3O4. The quantitative estimate of drug-likeness (QED) is 0.340. The second-order valence-corrected chi connectivity index (χ2v) is 8.03. The van der Waals surface area contributed by atoms with E-state index in [1.54, 1.807) is 30.3 Å². The summed E-state index contributed by atoms with van der Waals surface area (Å²) in [6, 6.07) is 8.01. The largest absolute Gasteiger partial charge is 0.481 e. The number of aromatic amines is 1. The lowest BCUT2D eigenvalue weighted by Gasteiger charge is -2.25. The molecule has 3 N–H and O–H groups in total. The Balaban J connectivity index is 1.69. The van der Waals surface area contributed by atoms with E-state index in [1.807, 2.05) is 0 Å². The molecule has 1 aliphatic heterocycles. The number of halogens is 3. The molecule has 164 valence electrons. The number of rotatable bonds is 6. The number of H-pyrrole nitrogens is 1. The van der Waals surface area contributed by atoms with Crippen molar-refractivity contribution >= 4 is 58.1 Å². The monoisotopic (exact) mass is 475 g/mol. The SMILES string of the molecule is O=C(O)CCC(c1ccc(Cl)cc1)N1C(=O)N/C(=C\c2c[nH]c3c(F)c(Cl)ccc23)C1=O. The molecule has 32 heavy (non-hydrogen) atoms. The van der Waals surface area contributed by atoms with E-state index in [-0.39, 0.29) is 29.1 Å². The van der Waals surface area contributed by atoms with Crippen LogP contribution in [-0.2, 0) is 9.59 Å². The molecule has 0 radical (unpaired) electrons. The predicted molar refractivity (Wildman–Crippen MR) is 118 cm³/mol. The molecule has 1 fully saturated rings. The number of imide groups is 1. The molecule has 0 bridgehead atoms. The van der Waals surface area contributed by atoms with E-state index in [2.05, 4.69) is 10.3 Å². The third kappa shape index (κ3) is 4.06. The van der Waals surface area contributed by atoms with Crippen LogP contribution in [0, 0.1) is 5.82 Å². The lowest BCUT2D eigenvalue weighted by atomic mass is 10.0. The molecule has 3 aromatic rings. The normalized spacial score (nSPS) is 16.1. The zero-order chi connectivity index (χ0) is 23.0. The fraction of sp³-hybridized carbons (Fsp3) is 0.136. The Bertz CT molecular complexity index is 1270. The molecule has 1 aliphatic rings. The van der Waals surface area contributed by atoms with Gasteiger partial charge in [0.15, 0.2) is 5.82 Å². The van der Waals surface area contributed by atoms with Gasteiger partial charge in [-0.3, -0.25) is 14.5 Å². The van der Waals surface area contributed by atoms with Crippen LogP contribution >= 0.6 is 23.2 Å². The molecule has 1 unspecified atom stereocenters. The van der Waals surface area contributed by atoms with Crippen molar-refractivity contribution in [3.63, 3.8) is 0 Å². The Morgan fingerprint density at radius 2 is 1.88 bits per heavy atom. The number of nitrogens with one attached hydrogen (secondary N) is 2. The number of nitrogens with zero attached hydrogens (tertiary/aromatic N) is 1. The van der Waals surface area contributed by atoms with Crippen LogP contribution < -0.4 is 5.32 Å². The number of aliphatic carboxylic acids is 1. The molecule has 10 heteroatoms. The summed E-state index contributed by atoms with van der Waals surface area (Å²) in [5.41, 5.74) is 1.22. The second-order valence-electron chi connectivity index (χ2n) is 7.19. The van der Waals surface area contributed by atoms with Gasteiger partial charge < -0.3 is 15.4 Å². The first-order valence-corrected chi connectivity index (χ1v) is 10.3. The smallest absolute Gasteiger partial charge is 0.329 e. The maximum Gasteiger partial charge on any atom is 0.329 e. The topological polar surface area (TPSA) is 102 Å². The Morgan fingerprint density at radius 1 is 1.16 bits per heavy atom. The number of carboxylic acids is 1. The number of amides is 3. The van der Waals surface area contributed by atoms with Crippen LogP contribution in [0.5, 0.6) is 0 Å². The zero-order valence-electron chi connectivity index (χ0n) is 16.4. The number of fused-ring (bicyclic) bond motifs is 1. The number of urea groups is 1. The first-order chi connectivity index (χ1) is 15.3. The Hall–Kier alpha value is -3.36. The first kappa shape index (κ1) is 21.9. The van der Waals surface area contributed by atoms with Crippen LogP contribution in [0.3, 0.4) is 0 Å². The number of carboxylic acid groups (broad SMARTS) is 1. The summed E-state index contributed by atoms with van der Waals surface area (Å²) in [6.07, 6.45) is 2.72. The van der Waals surface area contributed by atoms with Gasteiger partial charge in [-0.15, -0.1) is 0 Å². The van der Waals surface area contributed by atoms with E-state index >= 15 is 0 Å². The number of hydrogen-bond acceptors (Lipinski definition) is 3. The van der Waals surface area contributed by atoms with Crippen molar-refractivity contribution in [1.82, 2.24) is 15.2 Å². The van der Waals surface area contributed by atoms with Gasteiger partial charge in [-0.1, -0.05) is 41.4 Å². The van der Waals surface area contributed by atoms with Crippen LogP contribution in [0.25, 0.3) is 17.0 Å². The summed E-state index contributed by atoms with van der Waals surface area (Å²) in [6.45, 7) is 0. The number of benzene rings is 2. The van der Waals surface area contributed by atoms with E-state index in [9.17, 15) is 18.8 Å². The summed E-state index contributed by atoms with van der Waals surface area (Å²) in [5.74, 6) is -2.29. The molecule has 3 amide bonds. The number of carbonyl (C=O) groups is 3. The highest BCUT2D eigenvalue weighted by Crippen LogP contribution is 2.32. The van der Waals surface area contributed by atoms with E-state index in [1.165, 1.54) is 18.3 Å². The third-order valence-electron chi connectivity index (χ3n) is 5.19.